The van der Waals surface area contributed by atoms with E-state index in [1.807, 2.05) is 0 Å². The van der Waals surface area contributed by atoms with Crippen LogP contribution in [0.1, 0.15) is 19.3 Å². The fourth-order valence-corrected chi connectivity index (χ4v) is 4.67. The summed E-state index contributed by atoms with van der Waals surface area (Å²) in [7, 11) is -1.83. The average Bonchev–Trinajstić information content (AvgIpc) is 2.91. The van der Waals surface area contributed by atoms with Crippen LogP contribution in [0.25, 0.3) is 0 Å². The van der Waals surface area contributed by atoms with E-state index in [2.05, 4.69) is 4.98 Å². The number of hydrogen-bond acceptors (Lipinski definition) is 5. The van der Waals surface area contributed by atoms with Gasteiger partial charge in [0.25, 0.3) is 0 Å². The van der Waals surface area contributed by atoms with Crippen molar-refractivity contribution in [3.63, 3.8) is 0 Å². The van der Waals surface area contributed by atoms with Crippen LogP contribution in [-0.2, 0) is 19.5 Å². The minimum Gasteiger partial charge on any atom is -0.379 e. The number of nitrogens with zero attached hydrogens (tertiary/aromatic N) is 2. The number of hydrogen-bond donors (Lipinski definition) is 0. The minimum absolute atomic E-state index is 0.0612. The maximum atomic E-state index is 12.7. The second-order valence-electron chi connectivity index (χ2n) is 5.69. The van der Waals surface area contributed by atoms with Gasteiger partial charge >= 0.3 is 0 Å². The molecular weight excluding hydrogens is 292 g/mol. The van der Waals surface area contributed by atoms with Gasteiger partial charge in [0.2, 0.25) is 10.0 Å². The Kier molecular flexibility index (Phi) is 4.00. The largest absolute Gasteiger partial charge is 0.379 e. The standard InChI is InChI=1S/C14H20N2O4S/c1-19-12-8-14(20-10-12)5-3-7-16(11-14)21(17,18)13-4-2-6-15-9-13/h2,4,6,9,12H,3,5,7-8,10-11H2,1H3/t12-,14-/m0/s1. The Balaban J connectivity index is 1.81. The van der Waals surface area contributed by atoms with E-state index in [9.17, 15) is 8.42 Å². The van der Waals surface area contributed by atoms with Gasteiger partial charge in [-0.05, 0) is 25.0 Å². The fourth-order valence-electron chi connectivity index (χ4n) is 3.15. The predicted molar refractivity (Wildman–Crippen MR) is 76.3 cm³/mol. The van der Waals surface area contributed by atoms with Crippen LogP contribution in [0.2, 0.25) is 0 Å². The zero-order valence-electron chi connectivity index (χ0n) is 12.1. The molecule has 0 bridgehead atoms. The lowest BCUT2D eigenvalue weighted by molar-refractivity contribution is -0.0346. The molecule has 1 aromatic heterocycles. The highest BCUT2D eigenvalue weighted by Gasteiger charge is 2.46. The van der Waals surface area contributed by atoms with Crippen molar-refractivity contribution < 1.29 is 17.9 Å². The van der Waals surface area contributed by atoms with Gasteiger partial charge in [0.15, 0.2) is 0 Å². The molecule has 0 aromatic carbocycles. The quantitative estimate of drug-likeness (QED) is 0.834. The van der Waals surface area contributed by atoms with E-state index >= 15 is 0 Å². The van der Waals surface area contributed by atoms with E-state index in [1.165, 1.54) is 10.5 Å². The zero-order valence-corrected chi connectivity index (χ0v) is 12.9. The third-order valence-corrected chi connectivity index (χ3v) is 6.11. The van der Waals surface area contributed by atoms with Crippen molar-refractivity contribution in [2.45, 2.75) is 35.9 Å². The molecule has 0 saturated carbocycles. The molecule has 2 fully saturated rings. The summed E-state index contributed by atoms with van der Waals surface area (Å²) in [5, 5.41) is 0. The van der Waals surface area contributed by atoms with Gasteiger partial charge in [0.1, 0.15) is 4.90 Å². The molecule has 2 atom stereocenters. The first-order valence-corrected chi connectivity index (χ1v) is 8.57. The van der Waals surface area contributed by atoms with Gasteiger partial charge in [-0.1, -0.05) is 0 Å². The van der Waals surface area contributed by atoms with Crippen LogP contribution in [0, 0.1) is 0 Å². The number of rotatable bonds is 3. The second-order valence-corrected chi connectivity index (χ2v) is 7.62. The predicted octanol–water partition coefficient (Wildman–Crippen LogP) is 1.04. The van der Waals surface area contributed by atoms with Crippen molar-refractivity contribution in [2.24, 2.45) is 0 Å². The summed E-state index contributed by atoms with van der Waals surface area (Å²) in [4.78, 5) is 4.14. The Morgan fingerprint density at radius 3 is 3.05 bits per heavy atom. The average molecular weight is 312 g/mol. The zero-order chi connectivity index (χ0) is 14.9. The lowest BCUT2D eigenvalue weighted by atomic mass is 9.90. The summed E-state index contributed by atoms with van der Waals surface area (Å²) in [5.41, 5.74) is -0.395. The van der Waals surface area contributed by atoms with Crippen LogP contribution in [0.15, 0.2) is 29.4 Å². The van der Waals surface area contributed by atoms with Gasteiger partial charge in [-0.3, -0.25) is 4.98 Å². The molecular formula is C14H20N2O4S. The van der Waals surface area contributed by atoms with Crippen molar-refractivity contribution in [1.29, 1.82) is 0 Å². The summed E-state index contributed by atoms with van der Waals surface area (Å²) in [6.07, 6.45) is 5.46. The Morgan fingerprint density at radius 1 is 1.52 bits per heavy atom. The van der Waals surface area contributed by atoms with Gasteiger partial charge < -0.3 is 9.47 Å². The number of methoxy groups -OCH3 is 1. The summed E-state index contributed by atoms with van der Waals surface area (Å²) in [6, 6.07) is 3.22. The number of aromatic nitrogens is 1. The van der Waals surface area contributed by atoms with Crippen LogP contribution in [-0.4, -0.2) is 56.2 Å². The van der Waals surface area contributed by atoms with E-state index in [-0.39, 0.29) is 11.0 Å². The highest BCUT2D eigenvalue weighted by atomic mass is 32.2. The number of pyridine rings is 1. The molecule has 3 rings (SSSR count). The molecule has 2 aliphatic rings. The first kappa shape index (κ1) is 14.9. The normalized spacial score (nSPS) is 30.8. The summed E-state index contributed by atoms with van der Waals surface area (Å²) in [6.45, 7) is 1.46. The van der Waals surface area contributed by atoms with E-state index < -0.39 is 15.6 Å². The summed E-state index contributed by atoms with van der Waals surface area (Å²) in [5.74, 6) is 0. The van der Waals surface area contributed by atoms with Crippen LogP contribution >= 0.6 is 0 Å². The van der Waals surface area contributed by atoms with E-state index in [0.29, 0.717) is 19.7 Å². The molecule has 21 heavy (non-hydrogen) atoms. The third-order valence-electron chi connectivity index (χ3n) is 4.29. The smallest absolute Gasteiger partial charge is 0.244 e. The minimum atomic E-state index is -3.50. The van der Waals surface area contributed by atoms with Crippen LogP contribution in [0.3, 0.4) is 0 Å². The Hall–Kier alpha value is -1.02. The molecule has 0 amide bonds. The van der Waals surface area contributed by atoms with Gasteiger partial charge in [-0.15, -0.1) is 0 Å². The number of ether oxygens (including phenoxy) is 2. The van der Waals surface area contributed by atoms with Gasteiger partial charge in [0.05, 0.1) is 18.3 Å². The molecule has 0 aliphatic carbocycles. The molecule has 0 unspecified atom stereocenters. The Bertz CT molecular complexity index is 592. The number of piperidine rings is 1. The molecule has 116 valence electrons. The van der Waals surface area contributed by atoms with Crippen molar-refractivity contribution in [2.75, 3.05) is 26.8 Å². The molecule has 0 N–H and O–H groups in total. The fraction of sp³-hybridized carbons (Fsp3) is 0.643. The van der Waals surface area contributed by atoms with E-state index in [4.69, 9.17) is 9.47 Å². The highest BCUT2D eigenvalue weighted by molar-refractivity contribution is 7.89. The van der Waals surface area contributed by atoms with Crippen molar-refractivity contribution >= 4 is 10.0 Å². The maximum absolute atomic E-state index is 12.7. The first-order valence-electron chi connectivity index (χ1n) is 7.13. The van der Waals surface area contributed by atoms with E-state index in [1.54, 1.807) is 25.4 Å². The lowest BCUT2D eigenvalue weighted by Crippen LogP contribution is -2.50. The van der Waals surface area contributed by atoms with Crippen molar-refractivity contribution in [1.82, 2.24) is 9.29 Å². The van der Waals surface area contributed by atoms with Crippen molar-refractivity contribution in [3.05, 3.63) is 24.5 Å². The molecule has 1 aromatic rings. The monoisotopic (exact) mass is 312 g/mol. The van der Waals surface area contributed by atoms with Crippen LogP contribution in [0.5, 0.6) is 0 Å². The van der Waals surface area contributed by atoms with Gasteiger partial charge in [-0.25, -0.2) is 8.42 Å². The SMILES string of the molecule is CO[C@@H]1CO[C@@]2(CCCN(S(=O)(=O)c3cccnc3)C2)C1. The molecule has 6 nitrogen and oxygen atoms in total. The van der Waals surface area contributed by atoms with E-state index in [0.717, 1.165) is 19.3 Å². The molecule has 7 heteroatoms. The van der Waals surface area contributed by atoms with Crippen LogP contribution < -0.4 is 0 Å². The highest BCUT2D eigenvalue weighted by Crippen LogP contribution is 2.37. The maximum Gasteiger partial charge on any atom is 0.244 e. The first-order chi connectivity index (χ1) is 10.1. The molecule has 3 heterocycles. The van der Waals surface area contributed by atoms with Crippen molar-refractivity contribution in [3.8, 4) is 0 Å². The van der Waals surface area contributed by atoms with Crippen LogP contribution in [0.4, 0.5) is 0 Å². The molecule has 2 aliphatic heterocycles. The Morgan fingerprint density at radius 2 is 2.38 bits per heavy atom. The van der Waals surface area contributed by atoms with Gasteiger partial charge in [0, 0.05) is 39.0 Å². The second kappa shape index (κ2) is 5.64. The summed E-state index contributed by atoms with van der Waals surface area (Å²) >= 11 is 0. The van der Waals surface area contributed by atoms with Gasteiger partial charge in [-0.2, -0.15) is 4.31 Å². The molecule has 1 spiro atoms. The number of sulfonamides is 1. The lowest BCUT2D eigenvalue weighted by Gasteiger charge is -2.38. The molecule has 2 saturated heterocycles. The topological polar surface area (TPSA) is 68.7 Å². The molecule has 0 radical (unpaired) electrons. The third kappa shape index (κ3) is 2.83. The Labute approximate surface area is 125 Å². The summed E-state index contributed by atoms with van der Waals surface area (Å²) < 4.78 is 38.1.